The van der Waals surface area contributed by atoms with E-state index < -0.39 is 12.0 Å². The summed E-state index contributed by atoms with van der Waals surface area (Å²) in [7, 11) is 0. The highest BCUT2D eigenvalue weighted by atomic mass is 19.1. The van der Waals surface area contributed by atoms with Gasteiger partial charge in [-0.2, -0.15) is 4.39 Å². The summed E-state index contributed by atoms with van der Waals surface area (Å²) in [5, 5.41) is 11.2. The van der Waals surface area contributed by atoms with E-state index in [4.69, 9.17) is 4.74 Å². The molecule has 0 saturated heterocycles. The Hall–Kier alpha value is -2.62. The van der Waals surface area contributed by atoms with E-state index in [0.717, 1.165) is 18.4 Å². The molecule has 0 saturated carbocycles. The van der Waals surface area contributed by atoms with Crippen LogP contribution in [0, 0.1) is 0 Å². The highest BCUT2D eigenvalue weighted by molar-refractivity contribution is 5.87. The Morgan fingerprint density at radius 3 is 2.44 bits per heavy atom. The van der Waals surface area contributed by atoms with Gasteiger partial charge in [0, 0.05) is 5.56 Å². The lowest BCUT2D eigenvalue weighted by molar-refractivity contribution is -0.255. The van der Waals surface area contributed by atoms with Gasteiger partial charge in [0.15, 0.2) is 0 Å². The van der Waals surface area contributed by atoms with Crippen LogP contribution in [0.3, 0.4) is 0 Å². The summed E-state index contributed by atoms with van der Waals surface area (Å²) in [6.07, 6.45) is 8.30. The van der Waals surface area contributed by atoms with E-state index in [2.05, 4.69) is 6.92 Å². The lowest BCUT2D eigenvalue weighted by Gasteiger charge is -2.10. The molecule has 3 nitrogen and oxygen atoms in total. The van der Waals surface area contributed by atoms with E-state index in [1.54, 1.807) is 42.5 Å². The van der Waals surface area contributed by atoms with E-state index in [9.17, 15) is 14.3 Å². The van der Waals surface area contributed by atoms with Crippen LogP contribution in [0.15, 0.2) is 60.6 Å². The Kier molecular flexibility index (Phi) is 8.56. The van der Waals surface area contributed by atoms with Gasteiger partial charge in [0.2, 0.25) is 0 Å². The third-order valence-electron chi connectivity index (χ3n) is 4.38. The van der Waals surface area contributed by atoms with Crippen LogP contribution in [0.25, 0.3) is 0 Å². The normalized spacial score (nSPS) is 11.4. The molecule has 0 atom stereocenters. The molecule has 4 heteroatoms. The van der Waals surface area contributed by atoms with Crippen LogP contribution in [0.1, 0.15) is 66.9 Å². The first-order valence-electron chi connectivity index (χ1n) is 9.52. The molecule has 0 bridgehead atoms. The zero-order valence-corrected chi connectivity index (χ0v) is 15.7. The fraction of sp³-hybridized carbons (Fsp3) is 0.348. The van der Waals surface area contributed by atoms with Gasteiger partial charge in [0.05, 0.1) is 5.97 Å². The minimum atomic E-state index is -1.19. The molecule has 0 spiro atoms. The highest BCUT2D eigenvalue weighted by Crippen LogP contribution is 2.20. The van der Waals surface area contributed by atoms with Crippen molar-refractivity contribution in [2.45, 2.75) is 51.9 Å². The summed E-state index contributed by atoms with van der Waals surface area (Å²) in [6, 6.07) is 13.2. The van der Waals surface area contributed by atoms with Crippen molar-refractivity contribution >= 4 is 5.97 Å². The molecule has 27 heavy (non-hydrogen) atoms. The van der Waals surface area contributed by atoms with Crippen molar-refractivity contribution in [3.63, 3.8) is 0 Å². The summed E-state index contributed by atoms with van der Waals surface area (Å²) in [5.74, 6) is -0.765. The molecule has 2 aromatic carbocycles. The molecule has 0 radical (unpaired) electrons. The number of hydrogen-bond donors (Lipinski definition) is 0. The largest absolute Gasteiger partial charge is 0.545 e. The second kappa shape index (κ2) is 11.2. The fourth-order valence-electron chi connectivity index (χ4n) is 2.89. The SMILES string of the molecule is CCCCCCC/C=C(\F)Oc1ccc(Cc2ccccc2C(=O)[O-])cc1. The first-order chi connectivity index (χ1) is 13.1. The molecule has 2 aromatic rings. The second-order valence-corrected chi connectivity index (χ2v) is 6.58. The Balaban J connectivity index is 1.87. The first-order valence-corrected chi connectivity index (χ1v) is 9.52. The molecule has 0 unspecified atom stereocenters. The van der Waals surface area contributed by atoms with Crippen molar-refractivity contribution in [2.75, 3.05) is 0 Å². The van der Waals surface area contributed by atoms with Gasteiger partial charge >= 0.3 is 0 Å². The predicted octanol–water partition coefficient (Wildman–Crippen LogP) is 5.19. The number of carbonyl (C=O) groups excluding carboxylic acids is 1. The standard InChI is InChI=1S/C23H27FO3/c1-2-3-4-5-6-7-12-22(24)27-20-15-13-18(14-16-20)17-19-10-8-9-11-21(19)23(25)26/h8-16H,2-7,17H2,1H3,(H,25,26)/p-1/b22-12+. The van der Waals surface area contributed by atoms with Crippen molar-refractivity contribution in [2.24, 2.45) is 0 Å². The minimum Gasteiger partial charge on any atom is -0.545 e. The molecular formula is C23H26FO3-. The molecule has 0 heterocycles. The fourth-order valence-corrected chi connectivity index (χ4v) is 2.89. The third-order valence-corrected chi connectivity index (χ3v) is 4.38. The number of ether oxygens (including phenoxy) is 1. The van der Waals surface area contributed by atoms with Crippen molar-refractivity contribution in [3.8, 4) is 5.75 Å². The van der Waals surface area contributed by atoms with Crippen LogP contribution in [0.4, 0.5) is 4.39 Å². The lowest BCUT2D eigenvalue weighted by Crippen LogP contribution is -2.23. The number of unbranched alkanes of at least 4 members (excludes halogenated alkanes) is 5. The monoisotopic (exact) mass is 369 g/mol. The average Bonchev–Trinajstić information content (AvgIpc) is 2.66. The number of rotatable bonds is 11. The predicted molar refractivity (Wildman–Crippen MR) is 103 cm³/mol. The van der Waals surface area contributed by atoms with Crippen LogP contribution in [-0.2, 0) is 6.42 Å². The van der Waals surface area contributed by atoms with Crippen molar-refractivity contribution in [1.29, 1.82) is 0 Å². The maximum atomic E-state index is 13.8. The number of hydrogen-bond acceptors (Lipinski definition) is 3. The van der Waals surface area contributed by atoms with Gasteiger partial charge < -0.3 is 14.6 Å². The van der Waals surface area contributed by atoms with Crippen molar-refractivity contribution < 1.29 is 19.0 Å². The Bertz CT molecular complexity index is 750. The van der Waals surface area contributed by atoms with Gasteiger partial charge in [-0.3, -0.25) is 0 Å². The lowest BCUT2D eigenvalue weighted by atomic mass is 10.00. The Morgan fingerprint density at radius 1 is 1.04 bits per heavy atom. The topological polar surface area (TPSA) is 49.4 Å². The van der Waals surface area contributed by atoms with E-state index in [1.165, 1.54) is 31.4 Å². The van der Waals surface area contributed by atoms with Gasteiger partial charge in [0.25, 0.3) is 6.01 Å². The molecule has 0 fully saturated rings. The molecule has 0 N–H and O–H groups in total. The number of benzene rings is 2. The molecule has 144 valence electrons. The van der Waals surface area contributed by atoms with Crippen LogP contribution >= 0.6 is 0 Å². The van der Waals surface area contributed by atoms with Gasteiger partial charge in [-0.1, -0.05) is 69.0 Å². The molecule has 0 aliphatic rings. The molecule has 0 aromatic heterocycles. The number of aromatic carboxylic acids is 1. The summed E-state index contributed by atoms with van der Waals surface area (Å²) < 4.78 is 19.0. The number of allylic oxidation sites excluding steroid dienone is 1. The maximum Gasteiger partial charge on any atom is 0.274 e. The minimum absolute atomic E-state index is 0.186. The van der Waals surface area contributed by atoms with Crippen molar-refractivity contribution in [1.82, 2.24) is 0 Å². The van der Waals surface area contributed by atoms with Gasteiger partial charge in [-0.05, 0) is 48.6 Å². The van der Waals surface area contributed by atoms with E-state index in [0.29, 0.717) is 24.2 Å². The van der Waals surface area contributed by atoms with Gasteiger partial charge in [-0.15, -0.1) is 0 Å². The average molecular weight is 369 g/mol. The summed E-state index contributed by atoms with van der Waals surface area (Å²) in [4.78, 5) is 11.2. The quantitative estimate of drug-likeness (QED) is 0.404. The number of carboxylic acids is 1. The Labute approximate surface area is 160 Å². The van der Waals surface area contributed by atoms with E-state index in [1.807, 2.05) is 0 Å². The van der Waals surface area contributed by atoms with Crippen LogP contribution in [0.5, 0.6) is 5.75 Å². The van der Waals surface area contributed by atoms with Crippen LogP contribution < -0.4 is 9.84 Å². The van der Waals surface area contributed by atoms with Crippen LogP contribution in [0.2, 0.25) is 0 Å². The number of carboxylic acid groups (broad SMARTS) is 1. The highest BCUT2D eigenvalue weighted by Gasteiger charge is 2.05. The third kappa shape index (κ3) is 7.26. The van der Waals surface area contributed by atoms with E-state index in [-0.39, 0.29) is 5.56 Å². The zero-order valence-electron chi connectivity index (χ0n) is 15.7. The molecule has 0 aliphatic carbocycles. The van der Waals surface area contributed by atoms with Crippen molar-refractivity contribution in [3.05, 3.63) is 77.3 Å². The first kappa shape index (κ1) is 20.7. The second-order valence-electron chi connectivity index (χ2n) is 6.58. The maximum absolute atomic E-state index is 13.8. The summed E-state index contributed by atoms with van der Waals surface area (Å²) in [5.41, 5.74) is 1.78. The van der Waals surface area contributed by atoms with Gasteiger partial charge in [0.1, 0.15) is 5.75 Å². The summed E-state index contributed by atoms with van der Waals surface area (Å²) >= 11 is 0. The number of carbonyl (C=O) groups is 1. The Morgan fingerprint density at radius 2 is 1.74 bits per heavy atom. The smallest absolute Gasteiger partial charge is 0.274 e. The molecule has 0 aliphatic heterocycles. The number of halogens is 1. The summed E-state index contributed by atoms with van der Waals surface area (Å²) in [6.45, 7) is 2.17. The molecular weight excluding hydrogens is 343 g/mol. The van der Waals surface area contributed by atoms with Gasteiger partial charge in [-0.25, -0.2) is 0 Å². The molecule has 2 rings (SSSR count). The molecule has 0 amide bonds. The van der Waals surface area contributed by atoms with Crippen LogP contribution in [-0.4, -0.2) is 5.97 Å². The zero-order chi connectivity index (χ0) is 19.5. The van der Waals surface area contributed by atoms with E-state index >= 15 is 0 Å².